The Bertz CT molecular complexity index is 646. The molecule has 0 radical (unpaired) electrons. The Balaban J connectivity index is 2.26. The molecule has 1 aromatic carbocycles. The first kappa shape index (κ1) is 15.2. The lowest BCUT2D eigenvalue weighted by Crippen LogP contribution is -2.18. The summed E-state index contributed by atoms with van der Waals surface area (Å²) in [5.74, 6) is -0.677. The molecular formula is C13H12ClF2N3O2. The molecule has 0 atom stereocenters. The first-order valence-electron chi connectivity index (χ1n) is 6.09. The van der Waals surface area contributed by atoms with Crippen molar-refractivity contribution in [2.45, 2.75) is 20.1 Å². The van der Waals surface area contributed by atoms with Gasteiger partial charge in [0.05, 0.1) is 16.9 Å². The standard InChI is InChI=1S/C13H12ClF2N3O2/c1-2-19-11(8(14)7-17-19)12(20)18-9-5-3-4-6-10(9)21-13(15)16/h3-7,13H,2H2,1H3,(H,18,20). The number of ether oxygens (including phenoxy) is 1. The predicted octanol–water partition coefficient (Wildman–Crippen LogP) is 3.41. The van der Waals surface area contributed by atoms with Crippen molar-refractivity contribution in [1.29, 1.82) is 0 Å². The van der Waals surface area contributed by atoms with E-state index in [0.29, 0.717) is 6.54 Å². The Kier molecular flexibility index (Phi) is 4.74. The Morgan fingerprint density at radius 1 is 1.48 bits per heavy atom. The Labute approximate surface area is 124 Å². The number of halogens is 3. The number of anilines is 1. The molecular weight excluding hydrogens is 304 g/mol. The number of aryl methyl sites for hydroxylation is 1. The highest BCUT2D eigenvalue weighted by molar-refractivity contribution is 6.34. The van der Waals surface area contributed by atoms with Crippen molar-refractivity contribution in [3.63, 3.8) is 0 Å². The summed E-state index contributed by atoms with van der Waals surface area (Å²) >= 11 is 5.91. The smallest absolute Gasteiger partial charge is 0.387 e. The van der Waals surface area contributed by atoms with E-state index in [9.17, 15) is 13.6 Å². The maximum absolute atomic E-state index is 12.3. The van der Waals surface area contributed by atoms with Crippen LogP contribution in [-0.4, -0.2) is 22.3 Å². The van der Waals surface area contributed by atoms with Crippen LogP contribution >= 0.6 is 11.6 Å². The predicted molar refractivity (Wildman–Crippen MR) is 73.9 cm³/mol. The normalized spacial score (nSPS) is 10.7. The first-order valence-corrected chi connectivity index (χ1v) is 6.47. The van der Waals surface area contributed by atoms with Gasteiger partial charge in [-0.2, -0.15) is 13.9 Å². The molecule has 1 aromatic heterocycles. The summed E-state index contributed by atoms with van der Waals surface area (Å²) in [6.07, 6.45) is 1.35. The van der Waals surface area contributed by atoms with Crippen LogP contribution < -0.4 is 10.1 Å². The van der Waals surface area contributed by atoms with Crippen LogP contribution in [0.5, 0.6) is 5.75 Å². The molecule has 0 unspecified atom stereocenters. The van der Waals surface area contributed by atoms with E-state index in [1.807, 2.05) is 0 Å². The van der Waals surface area contributed by atoms with Gasteiger partial charge in [-0.1, -0.05) is 23.7 Å². The largest absolute Gasteiger partial charge is 0.433 e. The molecule has 0 saturated carbocycles. The molecule has 0 fully saturated rings. The molecule has 1 amide bonds. The number of hydrogen-bond acceptors (Lipinski definition) is 3. The van der Waals surface area contributed by atoms with Gasteiger partial charge < -0.3 is 10.1 Å². The SMILES string of the molecule is CCn1ncc(Cl)c1C(=O)Nc1ccccc1OC(F)F. The van der Waals surface area contributed by atoms with E-state index in [1.54, 1.807) is 13.0 Å². The van der Waals surface area contributed by atoms with Crippen LogP contribution in [0.15, 0.2) is 30.5 Å². The number of para-hydroxylation sites is 2. The fraction of sp³-hybridized carbons (Fsp3) is 0.231. The molecule has 0 bridgehead atoms. The van der Waals surface area contributed by atoms with E-state index < -0.39 is 12.5 Å². The molecule has 1 N–H and O–H groups in total. The summed E-state index contributed by atoms with van der Waals surface area (Å²) < 4.78 is 30.4. The minimum absolute atomic E-state index is 0.125. The van der Waals surface area contributed by atoms with E-state index in [2.05, 4.69) is 15.2 Å². The zero-order chi connectivity index (χ0) is 15.4. The summed E-state index contributed by atoms with van der Waals surface area (Å²) in [4.78, 5) is 12.2. The third kappa shape index (κ3) is 3.49. The van der Waals surface area contributed by atoms with Crippen LogP contribution in [0, 0.1) is 0 Å². The van der Waals surface area contributed by atoms with Crippen molar-refractivity contribution in [1.82, 2.24) is 9.78 Å². The van der Waals surface area contributed by atoms with Crippen LogP contribution in [0.4, 0.5) is 14.5 Å². The molecule has 2 rings (SSSR count). The molecule has 0 aliphatic rings. The topological polar surface area (TPSA) is 56.2 Å². The summed E-state index contributed by atoms with van der Waals surface area (Å²) in [6, 6.07) is 5.90. The lowest BCUT2D eigenvalue weighted by Gasteiger charge is -2.12. The summed E-state index contributed by atoms with van der Waals surface area (Å²) in [5, 5.41) is 6.61. The maximum atomic E-state index is 12.3. The number of hydrogen-bond donors (Lipinski definition) is 1. The van der Waals surface area contributed by atoms with E-state index in [0.717, 1.165) is 0 Å². The third-order valence-corrected chi connectivity index (χ3v) is 2.94. The molecule has 21 heavy (non-hydrogen) atoms. The van der Waals surface area contributed by atoms with E-state index >= 15 is 0 Å². The zero-order valence-corrected chi connectivity index (χ0v) is 11.8. The van der Waals surface area contributed by atoms with Gasteiger partial charge >= 0.3 is 6.61 Å². The molecule has 1 heterocycles. The Morgan fingerprint density at radius 2 is 2.19 bits per heavy atom. The van der Waals surface area contributed by atoms with Gasteiger partial charge in [-0.25, -0.2) is 0 Å². The highest BCUT2D eigenvalue weighted by Crippen LogP contribution is 2.26. The second-order valence-corrected chi connectivity index (χ2v) is 4.39. The van der Waals surface area contributed by atoms with Crippen molar-refractivity contribution in [2.24, 2.45) is 0 Å². The van der Waals surface area contributed by atoms with Crippen molar-refractivity contribution in [3.05, 3.63) is 41.2 Å². The van der Waals surface area contributed by atoms with Crippen molar-refractivity contribution in [3.8, 4) is 5.75 Å². The number of nitrogens with one attached hydrogen (secondary N) is 1. The molecule has 0 aliphatic heterocycles. The molecule has 0 aliphatic carbocycles. The average Bonchev–Trinajstić information content (AvgIpc) is 2.81. The van der Waals surface area contributed by atoms with Gasteiger partial charge in [-0.05, 0) is 19.1 Å². The molecule has 112 valence electrons. The van der Waals surface area contributed by atoms with E-state index in [1.165, 1.54) is 29.1 Å². The van der Waals surface area contributed by atoms with Gasteiger partial charge in [-0.3, -0.25) is 9.48 Å². The number of benzene rings is 1. The minimum Gasteiger partial charge on any atom is -0.433 e. The number of amides is 1. The lowest BCUT2D eigenvalue weighted by molar-refractivity contribution is -0.0493. The highest BCUT2D eigenvalue weighted by atomic mass is 35.5. The van der Waals surface area contributed by atoms with Gasteiger partial charge in [0.25, 0.3) is 5.91 Å². The van der Waals surface area contributed by atoms with E-state index in [4.69, 9.17) is 11.6 Å². The fourth-order valence-electron chi connectivity index (χ4n) is 1.78. The summed E-state index contributed by atoms with van der Waals surface area (Å²) in [7, 11) is 0. The molecule has 0 spiro atoms. The number of nitrogens with zero attached hydrogens (tertiary/aromatic N) is 2. The fourth-order valence-corrected chi connectivity index (χ4v) is 2.01. The summed E-state index contributed by atoms with van der Waals surface area (Å²) in [5.41, 5.74) is 0.286. The third-order valence-electron chi connectivity index (χ3n) is 2.66. The van der Waals surface area contributed by atoms with Gasteiger partial charge in [0.2, 0.25) is 0 Å². The minimum atomic E-state index is -2.98. The zero-order valence-electron chi connectivity index (χ0n) is 11.0. The average molecular weight is 316 g/mol. The molecule has 2 aromatic rings. The summed E-state index contributed by atoms with van der Waals surface area (Å²) in [6.45, 7) is -0.730. The number of carbonyl (C=O) groups excluding carboxylic acids is 1. The highest BCUT2D eigenvalue weighted by Gasteiger charge is 2.19. The maximum Gasteiger partial charge on any atom is 0.387 e. The number of aromatic nitrogens is 2. The second-order valence-electron chi connectivity index (χ2n) is 3.99. The van der Waals surface area contributed by atoms with Crippen molar-refractivity contribution < 1.29 is 18.3 Å². The second kappa shape index (κ2) is 6.53. The van der Waals surface area contributed by atoms with Gasteiger partial charge in [-0.15, -0.1) is 0 Å². The van der Waals surface area contributed by atoms with Gasteiger partial charge in [0.15, 0.2) is 0 Å². The van der Waals surface area contributed by atoms with Crippen LogP contribution in [-0.2, 0) is 6.54 Å². The molecule has 0 saturated heterocycles. The van der Waals surface area contributed by atoms with Crippen molar-refractivity contribution >= 4 is 23.2 Å². The lowest BCUT2D eigenvalue weighted by atomic mass is 10.2. The number of rotatable bonds is 5. The van der Waals surface area contributed by atoms with Gasteiger partial charge in [0, 0.05) is 6.54 Å². The quantitative estimate of drug-likeness (QED) is 0.920. The monoisotopic (exact) mass is 315 g/mol. The molecule has 8 heteroatoms. The van der Waals surface area contributed by atoms with Crippen LogP contribution in [0.25, 0.3) is 0 Å². The van der Waals surface area contributed by atoms with Crippen LogP contribution in [0.2, 0.25) is 5.02 Å². The van der Waals surface area contributed by atoms with Crippen LogP contribution in [0.1, 0.15) is 17.4 Å². The van der Waals surface area contributed by atoms with Crippen LogP contribution in [0.3, 0.4) is 0 Å². The van der Waals surface area contributed by atoms with Gasteiger partial charge in [0.1, 0.15) is 11.4 Å². The number of carbonyl (C=O) groups is 1. The Morgan fingerprint density at radius 3 is 2.86 bits per heavy atom. The number of alkyl halides is 2. The molecule has 5 nitrogen and oxygen atoms in total. The Hall–Kier alpha value is -2.15. The van der Waals surface area contributed by atoms with Crippen molar-refractivity contribution in [2.75, 3.05) is 5.32 Å². The van der Waals surface area contributed by atoms with E-state index in [-0.39, 0.29) is 22.2 Å². The first-order chi connectivity index (χ1) is 10.0.